The summed E-state index contributed by atoms with van der Waals surface area (Å²) in [6.07, 6.45) is 5.66. The van der Waals surface area contributed by atoms with Crippen molar-refractivity contribution in [3.8, 4) is 0 Å². The van der Waals surface area contributed by atoms with E-state index in [4.69, 9.17) is 4.98 Å². The van der Waals surface area contributed by atoms with Crippen LogP contribution in [0.4, 0.5) is 0 Å². The van der Waals surface area contributed by atoms with Crippen molar-refractivity contribution in [2.75, 3.05) is 26.2 Å². The largest absolute Gasteiger partial charge is 0.299 e. The van der Waals surface area contributed by atoms with Crippen molar-refractivity contribution in [1.82, 2.24) is 19.2 Å². The van der Waals surface area contributed by atoms with E-state index in [1.807, 2.05) is 25.3 Å². The number of nitrogens with zero attached hydrogens (tertiary/aromatic N) is 4. The molecule has 0 unspecified atom stereocenters. The molecule has 2 aliphatic heterocycles. The predicted molar refractivity (Wildman–Crippen MR) is 90.7 cm³/mol. The van der Waals surface area contributed by atoms with Crippen LogP contribution in [0, 0.1) is 6.92 Å². The summed E-state index contributed by atoms with van der Waals surface area (Å²) in [7, 11) is 0. The van der Waals surface area contributed by atoms with Crippen LogP contribution in [0.15, 0.2) is 29.2 Å². The van der Waals surface area contributed by atoms with Gasteiger partial charge < -0.3 is 0 Å². The highest BCUT2D eigenvalue weighted by molar-refractivity contribution is 5.41. The van der Waals surface area contributed by atoms with Crippen LogP contribution < -0.4 is 5.56 Å². The van der Waals surface area contributed by atoms with Gasteiger partial charge in [-0.2, -0.15) is 0 Å². The van der Waals surface area contributed by atoms with Crippen LogP contribution in [-0.2, 0) is 6.54 Å². The lowest BCUT2D eigenvalue weighted by Crippen LogP contribution is -2.36. The molecule has 1 atom stereocenters. The van der Waals surface area contributed by atoms with E-state index in [0.29, 0.717) is 6.04 Å². The molecule has 0 N–H and O–H groups in total. The molecule has 0 amide bonds. The average Bonchev–Trinajstić information content (AvgIpc) is 2.85. The third kappa shape index (κ3) is 3.03. The molecule has 5 heteroatoms. The molecule has 2 aliphatic rings. The van der Waals surface area contributed by atoms with Crippen LogP contribution in [-0.4, -0.2) is 51.4 Å². The van der Waals surface area contributed by atoms with E-state index in [9.17, 15) is 4.79 Å². The third-order valence-electron chi connectivity index (χ3n) is 5.15. The molecule has 122 valence electrons. The smallest absolute Gasteiger partial charge is 0.258 e. The van der Waals surface area contributed by atoms with Crippen molar-refractivity contribution >= 4 is 5.65 Å². The van der Waals surface area contributed by atoms with E-state index < -0.39 is 0 Å². The lowest BCUT2D eigenvalue weighted by atomic mass is 10.2. The molecule has 0 spiro atoms. The number of aromatic nitrogens is 2. The standard InChI is InChI=1S/C18H24N4O/c1-14-5-9-22-17(10-14)19-15(11-18(22)23)12-20-6-3-8-21-7-2-4-16(21)13-20/h5,9-11,16H,2-4,6-8,12-13H2,1H3/t16-/m0/s1. The first kappa shape index (κ1) is 14.8. The Hall–Kier alpha value is -1.72. The Balaban J connectivity index is 1.58. The van der Waals surface area contributed by atoms with Crippen molar-refractivity contribution in [1.29, 1.82) is 0 Å². The lowest BCUT2D eigenvalue weighted by molar-refractivity contribution is 0.214. The molecule has 0 saturated carbocycles. The molecular weight excluding hydrogens is 288 g/mol. The highest BCUT2D eigenvalue weighted by Gasteiger charge is 2.28. The molecule has 2 aromatic heterocycles. The van der Waals surface area contributed by atoms with Crippen molar-refractivity contribution in [3.05, 3.63) is 46.0 Å². The Morgan fingerprint density at radius 3 is 3.00 bits per heavy atom. The number of aryl methyl sites for hydroxylation is 1. The van der Waals surface area contributed by atoms with Crippen LogP contribution >= 0.6 is 0 Å². The third-order valence-corrected chi connectivity index (χ3v) is 5.15. The second kappa shape index (κ2) is 6.06. The highest BCUT2D eigenvalue weighted by Crippen LogP contribution is 2.22. The van der Waals surface area contributed by atoms with Crippen LogP contribution in [0.5, 0.6) is 0 Å². The minimum absolute atomic E-state index is 0.0160. The first-order valence-electron chi connectivity index (χ1n) is 8.64. The summed E-state index contributed by atoms with van der Waals surface area (Å²) in [6.45, 7) is 7.49. The van der Waals surface area contributed by atoms with Gasteiger partial charge in [-0.05, 0) is 63.5 Å². The molecule has 0 radical (unpaired) electrons. The first-order chi connectivity index (χ1) is 11.2. The minimum atomic E-state index is 0.0160. The van der Waals surface area contributed by atoms with E-state index >= 15 is 0 Å². The van der Waals surface area contributed by atoms with Gasteiger partial charge in [-0.3, -0.25) is 19.0 Å². The summed E-state index contributed by atoms with van der Waals surface area (Å²) in [5.41, 5.74) is 2.80. The van der Waals surface area contributed by atoms with Gasteiger partial charge >= 0.3 is 0 Å². The average molecular weight is 312 g/mol. The van der Waals surface area contributed by atoms with Gasteiger partial charge in [0.05, 0.1) is 5.69 Å². The van der Waals surface area contributed by atoms with Crippen molar-refractivity contribution in [2.45, 2.75) is 38.8 Å². The van der Waals surface area contributed by atoms with E-state index in [-0.39, 0.29) is 5.56 Å². The van der Waals surface area contributed by atoms with Gasteiger partial charge in [0.2, 0.25) is 0 Å². The van der Waals surface area contributed by atoms with Gasteiger partial charge in [-0.1, -0.05) is 0 Å². The summed E-state index contributed by atoms with van der Waals surface area (Å²) >= 11 is 0. The maximum absolute atomic E-state index is 12.3. The molecule has 4 rings (SSSR count). The molecular formula is C18H24N4O. The SMILES string of the molecule is Cc1ccn2c(=O)cc(CN3CCCN4CCC[C@H]4C3)nc2c1. The number of hydrogen-bond acceptors (Lipinski definition) is 4. The van der Waals surface area contributed by atoms with Gasteiger partial charge in [0.1, 0.15) is 5.65 Å². The first-order valence-corrected chi connectivity index (χ1v) is 8.64. The Kier molecular flexibility index (Phi) is 3.91. The number of fused-ring (bicyclic) bond motifs is 2. The molecule has 2 saturated heterocycles. The zero-order valence-corrected chi connectivity index (χ0v) is 13.7. The Morgan fingerprint density at radius 1 is 1.22 bits per heavy atom. The van der Waals surface area contributed by atoms with E-state index in [0.717, 1.165) is 36.5 Å². The van der Waals surface area contributed by atoms with Gasteiger partial charge in [-0.25, -0.2) is 4.98 Å². The molecule has 0 aliphatic carbocycles. The fourth-order valence-corrected chi connectivity index (χ4v) is 3.99. The molecule has 0 bridgehead atoms. The predicted octanol–water partition coefficient (Wildman–Crippen LogP) is 1.67. The Bertz CT molecular complexity index is 769. The van der Waals surface area contributed by atoms with Gasteiger partial charge in [0.25, 0.3) is 5.56 Å². The van der Waals surface area contributed by atoms with Crippen molar-refractivity contribution in [3.63, 3.8) is 0 Å². The topological polar surface area (TPSA) is 40.9 Å². The van der Waals surface area contributed by atoms with Gasteiger partial charge in [0.15, 0.2) is 0 Å². The van der Waals surface area contributed by atoms with Crippen LogP contribution in [0.25, 0.3) is 5.65 Å². The van der Waals surface area contributed by atoms with Crippen molar-refractivity contribution in [2.24, 2.45) is 0 Å². The molecule has 4 heterocycles. The summed E-state index contributed by atoms with van der Waals surface area (Å²) in [5.74, 6) is 0. The second-order valence-corrected chi connectivity index (χ2v) is 6.94. The second-order valence-electron chi connectivity index (χ2n) is 6.94. The monoisotopic (exact) mass is 312 g/mol. The zero-order chi connectivity index (χ0) is 15.8. The lowest BCUT2D eigenvalue weighted by Gasteiger charge is -2.25. The quantitative estimate of drug-likeness (QED) is 0.846. The fraction of sp³-hybridized carbons (Fsp3) is 0.556. The normalized spacial score (nSPS) is 23.1. The fourth-order valence-electron chi connectivity index (χ4n) is 3.99. The molecule has 5 nitrogen and oxygen atoms in total. The number of pyridine rings is 1. The minimum Gasteiger partial charge on any atom is -0.299 e. The maximum Gasteiger partial charge on any atom is 0.258 e. The Labute approximate surface area is 136 Å². The van der Waals surface area contributed by atoms with Crippen molar-refractivity contribution < 1.29 is 0 Å². The number of hydrogen-bond donors (Lipinski definition) is 0. The molecule has 2 fully saturated rings. The van der Waals surface area contributed by atoms with Crippen LogP contribution in [0.2, 0.25) is 0 Å². The zero-order valence-electron chi connectivity index (χ0n) is 13.7. The van der Waals surface area contributed by atoms with E-state index in [2.05, 4.69) is 9.80 Å². The van der Waals surface area contributed by atoms with Gasteiger partial charge in [0, 0.05) is 31.4 Å². The Morgan fingerprint density at radius 2 is 2.09 bits per heavy atom. The van der Waals surface area contributed by atoms with E-state index in [1.54, 1.807) is 10.5 Å². The summed E-state index contributed by atoms with van der Waals surface area (Å²) in [6, 6.07) is 6.31. The summed E-state index contributed by atoms with van der Waals surface area (Å²) in [5, 5.41) is 0. The maximum atomic E-state index is 12.3. The molecule has 23 heavy (non-hydrogen) atoms. The van der Waals surface area contributed by atoms with Crippen LogP contribution in [0.3, 0.4) is 0 Å². The molecule has 0 aromatic carbocycles. The molecule has 2 aromatic rings. The van der Waals surface area contributed by atoms with E-state index in [1.165, 1.54) is 32.4 Å². The van der Waals surface area contributed by atoms with Gasteiger partial charge in [-0.15, -0.1) is 0 Å². The number of rotatable bonds is 2. The van der Waals surface area contributed by atoms with Crippen LogP contribution in [0.1, 0.15) is 30.5 Å². The highest BCUT2D eigenvalue weighted by atomic mass is 16.1. The summed E-state index contributed by atoms with van der Waals surface area (Å²) in [4.78, 5) is 22.1. The summed E-state index contributed by atoms with van der Waals surface area (Å²) < 4.78 is 1.62.